The van der Waals surface area contributed by atoms with Crippen molar-refractivity contribution in [3.63, 3.8) is 0 Å². The van der Waals surface area contributed by atoms with Crippen LogP contribution in [0.2, 0.25) is 0 Å². The highest BCUT2D eigenvalue weighted by atomic mass is 32.2. The van der Waals surface area contributed by atoms with Crippen molar-refractivity contribution in [2.24, 2.45) is 0 Å². The van der Waals surface area contributed by atoms with Gasteiger partial charge in [-0.1, -0.05) is 0 Å². The summed E-state index contributed by atoms with van der Waals surface area (Å²) in [5.74, 6) is -0.0208. The molecule has 0 radical (unpaired) electrons. The Kier molecular flexibility index (Phi) is 3.91. The van der Waals surface area contributed by atoms with Gasteiger partial charge in [0.15, 0.2) is 0 Å². The Bertz CT molecular complexity index is 467. The maximum atomic E-state index is 11.9. The Balaban J connectivity index is 1.99. The average Bonchev–Trinajstić information content (AvgIpc) is 2.89. The van der Waals surface area contributed by atoms with E-state index >= 15 is 0 Å². The van der Waals surface area contributed by atoms with Crippen LogP contribution in [0.25, 0.3) is 0 Å². The lowest BCUT2D eigenvalue weighted by Crippen LogP contribution is -2.55. The lowest BCUT2D eigenvalue weighted by molar-refractivity contribution is -0.146. The molecule has 0 aliphatic carbocycles. The average molecular weight is 286 g/mol. The fourth-order valence-corrected chi connectivity index (χ4v) is 3.79. The molecule has 1 aliphatic heterocycles. The first-order valence-electron chi connectivity index (χ1n) is 5.55. The van der Waals surface area contributed by atoms with Gasteiger partial charge in [-0.05, 0) is 19.1 Å². The molecule has 1 saturated heterocycles. The number of aliphatic carboxylic acids is 1. The number of amides is 1. The number of nitrogens with zero attached hydrogens (tertiary/aromatic N) is 1. The van der Waals surface area contributed by atoms with Crippen LogP contribution in [0.5, 0.6) is 0 Å². The van der Waals surface area contributed by atoms with Crippen LogP contribution in [-0.4, -0.2) is 39.0 Å². The van der Waals surface area contributed by atoms with Gasteiger partial charge in [-0.15, -0.1) is 11.3 Å². The summed E-state index contributed by atoms with van der Waals surface area (Å²) in [5, 5.41) is 14.6. The summed E-state index contributed by atoms with van der Waals surface area (Å²) in [6.07, 6.45) is 0.624. The number of carbonyl (C=O) groups is 2. The van der Waals surface area contributed by atoms with E-state index in [1.54, 1.807) is 11.8 Å². The van der Waals surface area contributed by atoms with Crippen molar-refractivity contribution in [1.82, 2.24) is 10.3 Å². The van der Waals surface area contributed by atoms with E-state index in [1.807, 2.05) is 12.3 Å². The summed E-state index contributed by atoms with van der Waals surface area (Å²) < 4.78 is 0. The summed E-state index contributed by atoms with van der Waals surface area (Å²) in [6, 6.07) is 0. The van der Waals surface area contributed by atoms with Gasteiger partial charge in [-0.25, -0.2) is 9.78 Å². The van der Waals surface area contributed by atoms with Gasteiger partial charge < -0.3 is 10.4 Å². The van der Waals surface area contributed by atoms with Gasteiger partial charge in [0.05, 0.1) is 17.1 Å². The fourth-order valence-electron chi connectivity index (χ4n) is 1.85. The van der Waals surface area contributed by atoms with Crippen LogP contribution >= 0.6 is 23.1 Å². The van der Waals surface area contributed by atoms with E-state index in [0.29, 0.717) is 17.9 Å². The first kappa shape index (κ1) is 13.4. The molecule has 2 N–H and O–H groups in total. The molecule has 1 aromatic heterocycles. The van der Waals surface area contributed by atoms with E-state index < -0.39 is 11.5 Å². The number of hydrogen-bond acceptors (Lipinski definition) is 5. The topological polar surface area (TPSA) is 79.3 Å². The van der Waals surface area contributed by atoms with Gasteiger partial charge in [0.25, 0.3) is 0 Å². The van der Waals surface area contributed by atoms with Gasteiger partial charge in [0.1, 0.15) is 5.54 Å². The highest BCUT2D eigenvalue weighted by Gasteiger charge is 2.43. The van der Waals surface area contributed by atoms with Gasteiger partial charge in [-0.2, -0.15) is 11.8 Å². The van der Waals surface area contributed by atoms with Crippen LogP contribution in [0.3, 0.4) is 0 Å². The van der Waals surface area contributed by atoms with Crippen LogP contribution in [0.4, 0.5) is 0 Å². The number of rotatable bonds is 4. The Morgan fingerprint density at radius 2 is 2.39 bits per heavy atom. The van der Waals surface area contributed by atoms with Crippen LogP contribution in [0.15, 0.2) is 5.38 Å². The summed E-state index contributed by atoms with van der Waals surface area (Å²) in [4.78, 5) is 27.3. The highest BCUT2D eigenvalue weighted by molar-refractivity contribution is 7.99. The van der Waals surface area contributed by atoms with Crippen molar-refractivity contribution in [3.05, 3.63) is 16.1 Å². The number of carboxylic acid groups (broad SMARTS) is 1. The fraction of sp³-hybridized carbons (Fsp3) is 0.545. The number of carbonyl (C=O) groups excluding carboxylic acids is 1. The molecule has 2 heterocycles. The number of aromatic nitrogens is 1. The number of thiazole rings is 1. The maximum Gasteiger partial charge on any atom is 0.330 e. The van der Waals surface area contributed by atoms with Gasteiger partial charge >= 0.3 is 5.97 Å². The summed E-state index contributed by atoms with van der Waals surface area (Å²) in [6.45, 7) is 1.87. The first-order chi connectivity index (χ1) is 8.52. The predicted molar refractivity (Wildman–Crippen MR) is 71.0 cm³/mol. The molecule has 0 unspecified atom stereocenters. The molecular weight excluding hydrogens is 272 g/mol. The minimum absolute atomic E-state index is 0.143. The maximum absolute atomic E-state index is 11.9. The zero-order chi connectivity index (χ0) is 13.2. The van der Waals surface area contributed by atoms with Crippen LogP contribution in [-0.2, 0) is 16.0 Å². The lowest BCUT2D eigenvalue weighted by Gasteiger charge is -2.24. The van der Waals surface area contributed by atoms with Crippen LogP contribution < -0.4 is 5.32 Å². The molecule has 5 nitrogen and oxygen atoms in total. The van der Waals surface area contributed by atoms with E-state index in [2.05, 4.69) is 10.3 Å². The third-order valence-electron chi connectivity index (χ3n) is 2.82. The van der Waals surface area contributed by atoms with Crippen LogP contribution in [0, 0.1) is 6.92 Å². The van der Waals surface area contributed by atoms with E-state index in [4.69, 9.17) is 0 Å². The Labute approximate surface area is 113 Å². The van der Waals surface area contributed by atoms with Gasteiger partial charge in [0, 0.05) is 11.1 Å². The Hall–Kier alpha value is -1.08. The van der Waals surface area contributed by atoms with Crippen molar-refractivity contribution >= 4 is 35.0 Å². The van der Waals surface area contributed by atoms with Crippen molar-refractivity contribution in [1.29, 1.82) is 0 Å². The molecule has 0 saturated carbocycles. The van der Waals surface area contributed by atoms with Gasteiger partial charge in [-0.3, -0.25) is 4.79 Å². The monoisotopic (exact) mass is 286 g/mol. The summed E-state index contributed by atoms with van der Waals surface area (Å²) in [7, 11) is 0. The van der Waals surface area contributed by atoms with Crippen molar-refractivity contribution in [3.8, 4) is 0 Å². The van der Waals surface area contributed by atoms with E-state index in [9.17, 15) is 14.7 Å². The molecule has 18 heavy (non-hydrogen) atoms. The SMILES string of the molecule is Cc1nc(CC(=O)N[C@@]2(C(=O)O)CCSC2)cs1. The molecule has 1 fully saturated rings. The first-order valence-corrected chi connectivity index (χ1v) is 7.58. The zero-order valence-corrected chi connectivity index (χ0v) is 11.6. The third kappa shape index (κ3) is 2.84. The minimum atomic E-state index is -1.09. The molecule has 1 amide bonds. The second-order valence-electron chi connectivity index (χ2n) is 4.27. The molecule has 0 spiro atoms. The zero-order valence-electron chi connectivity index (χ0n) is 9.93. The quantitative estimate of drug-likeness (QED) is 0.865. The molecule has 0 aromatic carbocycles. The molecule has 1 atom stereocenters. The molecule has 0 bridgehead atoms. The van der Waals surface area contributed by atoms with Crippen molar-refractivity contribution in [2.75, 3.05) is 11.5 Å². The predicted octanol–water partition coefficient (Wildman–Crippen LogP) is 1.07. The van der Waals surface area contributed by atoms with E-state index in [1.165, 1.54) is 11.3 Å². The lowest BCUT2D eigenvalue weighted by atomic mass is 9.99. The second kappa shape index (κ2) is 5.27. The molecule has 1 aromatic rings. The number of hydrogen-bond donors (Lipinski definition) is 2. The van der Waals surface area contributed by atoms with E-state index in [0.717, 1.165) is 10.8 Å². The number of carboxylic acids is 1. The normalized spacial score (nSPS) is 22.9. The third-order valence-corrected chi connectivity index (χ3v) is 4.83. The van der Waals surface area contributed by atoms with Crippen molar-refractivity contribution in [2.45, 2.75) is 25.3 Å². The number of nitrogens with one attached hydrogen (secondary N) is 1. The molecule has 1 aliphatic rings. The Morgan fingerprint density at radius 1 is 1.61 bits per heavy atom. The summed E-state index contributed by atoms with van der Waals surface area (Å²) in [5.41, 5.74) is -0.395. The van der Waals surface area contributed by atoms with E-state index in [-0.39, 0.29) is 12.3 Å². The molecular formula is C11H14N2O3S2. The highest BCUT2D eigenvalue weighted by Crippen LogP contribution is 2.28. The van der Waals surface area contributed by atoms with Crippen molar-refractivity contribution < 1.29 is 14.7 Å². The molecule has 7 heteroatoms. The van der Waals surface area contributed by atoms with Gasteiger partial charge in [0.2, 0.25) is 5.91 Å². The smallest absolute Gasteiger partial charge is 0.330 e. The molecule has 2 rings (SSSR count). The number of thioether (sulfide) groups is 1. The van der Waals surface area contributed by atoms with Crippen LogP contribution in [0.1, 0.15) is 17.1 Å². The number of aryl methyl sites for hydroxylation is 1. The summed E-state index contributed by atoms with van der Waals surface area (Å²) >= 11 is 3.04. The largest absolute Gasteiger partial charge is 0.479 e. The molecule has 98 valence electrons. The Morgan fingerprint density at radius 3 is 2.89 bits per heavy atom. The minimum Gasteiger partial charge on any atom is -0.479 e. The standard InChI is InChI=1S/C11H14N2O3S2/c1-7-12-8(5-18-7)4-9(14)13-11(10(15)16)2-3-17-6-11/h5H,2-4,6H2,1H3,(H,13,14)(H,15,16)/t11-/m0/s1. The second-order valence-corrected chi connectivity index (χ2v) is 6.44.